The van der Waals surface area contributed by atoms with Gasteiger partial charge in [0.2, 0.25) is 0 Å². The van der Waals surface area contributed by atoms with Crippen LogP contribution in [0.2, 0.25) is 0 Å². The average Bonchev–Trinajstić information content (AvgIpc) is 2.85. The maximum atomic E-state index is 13.1. The van der Waals surface area contributed by atoms with Gasteiger partial charge in [-0.1, -0.05) is 6.07 Å². The molecule has 0 bridgehead atoms. The van der Waals surface area contributed by atoms with Crippen LogP contribution in [0.1, 0.15) is 11.6 Å². The predicted octanol–water partition coefficient (Wildman–Crippen LogP) is 1.81. The van der Waals surface area contributed by atoms with Crippen LogP contribution in [0.5, 0.6) is 5.75 Å². The first kappa shape index (κ1) is 16.9. The Morgan fingerprint density at radius 2 is 2.25 bits per heavy atom. The van der Waals surface area contributed by atoms with Gasteiger partial charge in [-0.3, -0.25) is 4.90 Å². The molecule has 0 unspecified atom stereocenters. The van der Waals surface area contributed by atoms with E-state index in [1.807, 2.05) is 18.5 Å². The van der Waals surface area contributed by atoms with E-state index in [4.69, 9.17) is 9.47 Å². The van der Waals surface area contributed by atoms with Crippen LogP contribution in [-0.4, -0.2) is 58.6 Å². The molecular formula is C17H23FN4O2. The molecule has 6 nitrogen and oxygen atoms in total. The Morgan fingerprint density at radius 3 is 3.00 bits per heavy atom. The summed E-state index contributed by atoms with van der Waals surface area (Å²) in [6, 6.07) is 6.23. The molecule has 1 aromatic heterocycles. The second kappa shape index (κ2) is 7.72. The molecule has 0 radical (unpaired) electrons. The van der Waals surface area contributed by atoms with Crippen molar-refractivity contribution >= 4 is 0 Å². The fraction of sp³-hybridized carbons (Fsp3) is 0.529. The minimum Gasteiger partial charge on any atom is -0.492 e. The minimum atomic E-state index is -0.280. The lowest BCUT2D eigenvalue weighted by molar-refractivity contribution is -0.0404. The quantitative estimate of drug-likeness (QED) is 0.806. The van der Waals surface area contributed by atoms with Gasteiger partial charge in [0.25, 0.3) is 0 Å². The fourth-order valence-corrected chi connectivity index (χ4v) is 2.87. The molecule has 2 heterocycles. The zero-order chi connectivity index (χ0) is 16.9. The Kier molecular flexibility index (Phi) is 5.42. The van der Waals surface area contributed by atoms with Crippen molar-refractivity contribution in [3.8, 4) is 5.75 Å². The van der Waals surface area contributed by atoms with Crippen molar-refractivity contribution in [2.24, 2.45) is 0 Å². The van der Waals surface area contributed by atoms with E-state index < -0.39 is 0 Å². The number of morpholine rings is 1. The van der Waals surface area contributed by atoms with Crippen LogP contribution in [0.15, 0.2) is 24.3 Å². The number of hydrogen-bond acceptors (Lipinski definition) is 5. The summed E-state index contributed by atoms with van der Waals surface area (Å²) in [6.07, 6.45) is 0.0905. The number of hydrogen-bond donors (Lipinski definition) is 0. The lowest BCUT2D eigenvalue weighted by atomic mass is 10.2. The fourth-order valence-electron chi connectivity index (χ4n) is 2.87. The van der Waals surface area contributed by atoms with Gasteiger partial charge in [-0.15, -0.1) is 0 Å². The molecule has 7 heteroatoms. The highest BCUT2D eigenvalue weighted by molar-refractivity contribution is 5.22. The monoisotopic (exact) mass is 334 g/mol. The lowest BCUT2D eigenvalue weighted by Gasteiger charge is -2.32. The third-order valence-electron chi connectivity index (χ3n) is 4.03. The number of ether oxygens (including phenoxy) is 2. The van der Waals surface area contributed by atoms with Crippen molar-refractivity contribution in [3.63, 3.8) is 0 Å². The number of aryl methyl sites for hydroxylation is 2. The predicted molar refractivity (Wildman–Crippen MR) is 87.6 cm³/mol. The Hall–Kier alpha value is -1.99. The van der Waals surface area contributed by atoms with Gasteiger partial charge in [0.05, 0.1) is 19.3 Å². The summed E-state index contributed by atoms with van der Waals surface area (Å²) in [4.78, 5) is 6.62. The normalized spacial score (nSPS) is 18.7. The molecule has 0 aliphatic carbocycles. The van der Waals surface area contributed by atoms with Gasteiger partial charge in [0.1, 0.15) is 29.8 Å². The smallest absolute Gasteiger partial charge is 0.147 e. The Morgan fingerprint density at radius 1 is 1.38 bits per heavy atom. The van der Waals surface area contributed by atoms with E-state index in [1.165, 1.54) is 12.1 Å². The lowest BCUT2D eigenvalue weighted by Crippen LogP contribution is -2.45. The standard InChI is InChI=1S/C17H23FN4O2/c1-13-19-14(2)22(20-13)12-17-11-21(7-9-24-17)6-8-23-16-5-3-4-15(18)10-16/h3-5,10,17H,6-9,11-12H2,1-2H3/t17-/m0/s1. The first-order valence-electron chi connectivity index (χ1n) is 8.20. The van der Waals surface area contributed by atoms with Gasteiger partial charge in [-0.2, -0.15) is 5.10 Å². The molecule has 3 rings (SSSR count). The number of nitrogens with zero attached hydrogens (tertiary/aromatic N) is 4. The van der Waals surface area contributed by atoms with Gasteiger partial charge < -0.3 is 9.47 Å². The van der Waals surface area contributed by atoms with E-state index in [2.05, 4.69) is 15.0 Å². The molecule has 1 atom stereocenters. The molecule has 0 N–H and O–H groups in total. The Labute approximate surface area is 141 Å². The van der Waals surface area contributed by atoms with Crippen LogP contribution in [0.25, 0.3) is 0 Å². The second-order valence-electron chi connectivity index (χ2n) is 5.99. The van der Waals surface area contributed by atoms with Crippen LogP contribution in [-0.2, 0) is 11.3 Å². The van der Waals surface area contributed by atoms with Gasteiger partial charge >= 0.3 is 0 Å². The van der Waals surface area contributed by atoms with Crippen molar-refractivity contribution in [3.05, 3.63) is 41.7 Å². The van der Waals surface area contributed by atoms with Crippen molar-refractivity contribution < 1.29 is 13.9 Å². The molecule has 0 saturated carbocycles. The van der Waals surface area contributed by atoms with Crippen LogP contribution in [0.4, 0.5) is 4.39 Å². The highest BCUT2D eigenvalue weighted by atomic mass is 19.1. The highest BCUT2D eigenvalue weighted by Crippen LogP contribution is 2.13. The number of aromatic nitrogens is 3. The number of halogens is 1. The van der Waals surface area contributed by atoms with E-state index in [0.29, 0.717) is 25.5 Å². The first-order chi connectivity index (χ1) is 11.6. The summed E-state index contributed by atoms with van der Waals surface area (Å²) in [5, 5.41) is 4.39. The van der Waals surface area contributed by atoms with Crippen LogP contribution < -0.4 is 4.74 Å². The second-order valence-corrected chi connectivity index (χ2v) is 5.99. The van der Waals surface area contributed by atoms with Crippen molar-refractivity contribution in [1.29, 1.82) is 0 Å². The summed E-state index contributed by atoms with van der Waals surface area (Å²) in [5.41, 5.74) is 0. The Bertz CT molecular complexity index is 676. The molecule has 2 aromatic rings. The summed E-state index contributed by atoms with van der Waals surface area (Å²) < 4.78 is 26.5. The van der Waals surface area contributed by atoms with Crippen LogP contribution >= 0.6 is 0 Å². The molecule has 1 aromatic carbocycles. The largest absolute Gasteiger partial charge is 0.492 e. The maximum absolute atomic E-state index is 13.1. The topological polar surface area (TPSA) is 52.4 Å². The molecule has 1 aliphatic heterocycles. The van der Waals surface area contributed by atoms with Gasteiger partial charge in [0.15, 0.2) is 0 Å². The molecule has 1 saturated heterocycles. The number of benzene rings is 1. The van der Waals surface area contributed by atoms with E-state index >= 15 is 0 Å². The molecule has 1 aliphatic rings. The van der Waals surface area contributed by atoms with E-state index in [1.54, 1.807) is 12.1 Å². The van der Waals surface area contributed by atoms with E-state index in [9.17, 15) is 4.39 Å². The van der Waals surface area contributed by atoms with Gasteiger partial charge in [-0.05, 0) is 26.0 Å². The molecule has 24 heavy (non-hydrogen) atoms. The minimum absolute atomic E-state index is 0.0905. The van der Waals surface area contributed by atoms with Gasteiger partial charge in [-0.25, -0.2) is 14.1 Å². The number of rotatable bonds is 6. The SMILES string of the molecule is Cc1nc(C)n(C[C@@H]2CN(CCOc3cccc(F)c3)CCO2)n1. The van der Waals surface area contributed by atoms with Gasteiger partial charge in [0, 0.05) is 25.7 Å². The first-order valence-corrected chi connectivity index (χ1v) is 8.20. The zero-order valence-corrected chi connectivity index (χ0v) is 14.1. The van der Waals surface area contributed by atoms with Crippen molar-refractivity contribution in [1.82, 2.24) is 19.7 Å². The third kappa shape index (κ3) is 4.52. The summed E-state index contributed by atoms with van der Waals surface area (Å²) >= 11 is 0. The van der Waals surface area contributed by atoms with E-state index in [0.717, 1.165) is 31.3 Å². The van der Waals surface area contributed by atoms with Crippen LogP contribution in [0.3, 0.4) is 0 Å². The summed E-state index contributed by atoms with van der Waals surface area (Å²) in [5.74, 6) is 1.97. The molecular weight excluding hydrogens is 311 g/mol. The Balaban J connectivity index is 1.46. The maximum Gasteiger partial charge on any atom is 0.147 e. The molecule has 130 valence electrons. The molecule has 0 amide bonds. The van der Waals surface area contributed by atoms with Crippen molar-refractivity contribution in [2.75, 3.05) is 32.8 Å². The molecule has 0 spiro atoms. The summed E-state index contributed by atoms with van der Waals surface area (Å²) in [6.45, 7) is 8.24. The van der Waals surface area contributed by atoms with E-state index in [-0.39, 0.29) is 11.9 Å². The molecule has 1 fully saturated rings. The highest BCUT2D eigenvalue weighted by Gasteiger charge is 2.21. The average molecular weight is 334 g/mol. The van der Waals surface area contributed by atoms with Crippen molar-refractivity contribution in [2.45, 2.75) is 26.5 Å². The summed E-state index contributed by atoms with van der Waals surface area (Å²) in [7, 11) is 0. The van der Waals surface area contributed by atoms with Crippen LogP contribution in [0, 0.1) is 19.7 Å². The zero-order valence-electron chi connectivity index (χ0n) is 14.1. The third-order valence-corrected chi connectivity index (χ3v) is 4.03.